The number of aliphatic imine (C=N–C) groups is 1. The number of benzene rings is 6. The molecule has 0 amide bonds. The van der Waals surface area contributed by atoms with Gasteiger partial charge in [0.1, 0.15) is 18.2 Å². The highest BCUT2D eigenvalue weighted by Gasteiger charge is 2.37. The van der Waals surface area contributed by atoms with Crippen LogP contribution in [0.25, 0.3) is 38.6 Å². The van der Waals surface area contributed by atoms with Crippen molar-refractivity contribution in [2.24, 2.45) is 4.99 Å². The Balaban J connectivity index is 1.17. The summed E-state index contributed by atoms with van der Waals surface area (Å²) < 4.78 is 2.43. The van der Waals surface area contributed by atoms with Gasteiger partial charge >= 0.3 is 0 Å². The van der Waals surface area contributed by atoms with E-state index in [1.807, 2.05) is 0 Å². The molecule has 2 unspecified atom stereocenters. The molecule has 0 spiro atoms. The molecule has 0 saturated carbocycles. The Morgan fingerprint density at radius 2 is 1.30 bits per heavy atom. The van der Waals surface area contributed by atoms with Crippen LogP contribution >= 0.6 is 0 Å². The van der Waals surface area contributed by atoms with Crippen molar-refractivity contribution in [3.8, 4) is 16.8 Å². The third-order valence-corrected chi connectivity index (χ3v) is 10.3. The van der Waals surface area contributed by atoms with Gasteiger partial charge in [0.05, 0.1) is 11.0 Å². The monoisotopic (exact) mass is 608 g/mol. The molecule has 2 atom stereocenters. The number of amidine groups is 1. The first-order chi connectivity index (χ1) is 23.0. The number of nitrogens with zero attached hydrogens (tertiary/aromatic N) is 3. The van der Waals surface area contributed by atoms with Crippen LogP contribution in [0.5, 0.6) is 0 Å². The molecule has 0 bridgehead atoms. The van der Waals surface area contributed by atoms with Crippen molar-refractivity contribution >= 4 is 27.6 Å². The van der Waals surface area contributed by atoms with E-state index in [0.717, 1.165) is 22.6 Å². The second kappa shape index (κ2) is 10.5. The van der Waals surface area contributed by atoms with Crippen molar-refractivity contribution in [3.63, 3.8) is 0 Å². The third-order valence-electron chi connectivity index (χ3n) is 10.3. The number of fused-ring (bicyclic) bond motifs is 7. The molecule has 228 valence electrons. The normalized spacial score (nSPS) is 18.3. The van der Waals surface area contributed by atoms with E-state index in [1.165, 1.54) is 49.6 Å². The average molecular weight is 609 g/mol. The lowest BCUT2D eigenvalue weighted by Crippen LogP contribution is -2.46. The maximum absolute atomic E-state index is 5.27. The first-order valence-corrected chi connectivity index (χ1v) is 16.4. The minimum absolute atomic E-state index is 0.0138. The van der Waals surface area contributed by atoms with E-state index >= 15 is 0 Å². The van der Waals surface area contributed by atoms with E-state index in [-0.39, 0.29) is 17.7 Å². The van der Waals surface area contributed by atoms with Gasteiger partial charge in [0.15, 0.2) is 0 Å². The van der Waals surface area contributed by atoms with Crippen LogP contribution in [0, 0.1) is 0 Å². The van der Waals surface area contributed by atoms with Gasteiger partial charge in [-0.1, -0.05) is 135 Å². The van der Waals surface area contributed by atoms with Crippen LogP contribution in [-0.2, 0) is 5.41 Å². The number of para-hydroxylation sites is 1. The minimum atomic E-state index is -0.194. The summed E-state index contributed by atoms with van der Waals surface area (Å²) in [5.41, 5.74) is 12.5. The van der Waals surface area contributed by atoms with Gasteiger partial charge in [-0.25, -0.2) is 4.99 Å². The predicted molar refractivity (Wildman–Crippen MR) is 194 cm³/mol. The molecule has 6 aromatic carbocycles. The van der Waals surface area contributed by atoms with Crippen LogP contribution < -0.4 is 5.32 Å². The lowest BCUT2D eigenvalue weighted by atomic mass is 9.82. The Bertz CT molecular complexity index is 2310. The van der Waals surface area contributed by atoms with E-state index in [4.69, 9.17) is 4.99 Å². The van der Waals surface area contributed by atoms with E-state index in [9.17, 15) is 0 Å². The van der Waals surface area contributed by atoms with E-state index < -0.39 is 0 Å². The summed E-state index contributed by atoms with van der Waals surface area (Å²) in [6.07, 6.45) is -0.207. The molecular formula is C43H36N4. The molecular weight excluding hydrogens is 573 g/mol. The molecule has 7 aromatic rings. The fourth-order valence-electron chi connectivity index (χ4n) is 7.96. The largest absolute Gasteiger partial charge is 0.340 e. The van der Waals surface area contributed by atoms with Crippen molar-refractivity contribution in [1.29, 1.82) is 0 Å². The first kappa shape index (κ1) is 27.8. The van der Waals surface area contributed by atoms with Gasteiger partial charge < -0.3 is 9.47 Å². The molecule has 2 heterocycles. The Morgan fingerprint density at radius 1 is 0.617 bits per heavy atom. The molecule has 1 aromatic heterocycles. The lowest BCUT2D eigenvalue weighted by molar-refractivity contribution is 0.257. The van der Waals surface area contributed by atoms with Gasteiger partial charge in [0.2, 0.25) is 0 Å². The van der Waals surface area contributed by atoms with Gasteiger partial charge in [-0.3, -0.25) is 5.32 Å². The zero-order valence-corrected chi connectivity index (χ0v) is 26.9. The van der Waals surface area contributed by atoms with Gasteiger partial charge in [-0.15, -0.1) is 0 Å². The highest BCUT2D eigenvalue weighted by atomic mass is 15.4. The molecule has 1 aliphatic carbocycles. The molecule has 1 N–H and O–H groups in total. The lowest BCUT2D eigenvalue weighted by Gasteiger charge is -2.39. The molecule has 47 heavy (non-hydrogen) atoms. The Labute approximate surface area is 275 Å². The number of aromatic nitrogens is 1. The van der Waals surface area contributed by atoms with Gasteiger partial charge in [0, 0.05) is 34.5 Å². The zero-order chi connectivity index (χ0) is 31.7. The van der Waals surface area contributed by atoms with Crippen LogP contribution in [0.3, 0.4) is 0 Å². The Hall–Kier alpha value is -5.45. The van der Waals surface area contributed by atoms with Crippen LogP contribution in [0.1, 0.15) is 54.0 Å². The van der Waals surface area contributed by atoms with Crippen molar-refractivity contribution < 1.29 is 0 Å². The fourth-order valence-corrected chi connectivity index (χ4v) is 7.96. The van der Waals surface area contributed by atoms with Gasteiger partial charge in [-0.2, -0.15) is 0 Å². The maximum atomic E-state index is 5.27. The third kappa shape index (κ3) is 4.22. The fraction of sp³-hybridized carbons (Fsp3) is 0.140. The van der Waals surface area contributed by atoms with Crippen molar-refractivity contribution in [2.75, 3.05) is 7.05 Å². The van der Waals surface area contributed by atoms with Crippen LogP contribution in [0.2, 0.25) is 0 Å². The van der Waals surface area contributed by atoms with E-state index in [2.05, 4.69) is 181 Å². The number of hydrogen-bond donors (Lipinski definition) is 1. The summed E-state index contributed by atoms with van der Waals surface area (Å²) in [4.78, 5) is 7.51. The molecule has 1 aliphatic heterocycles. The van der Waals surface area contributed by atoms with Gasteiger partial charge in [-0.05, 0) is 57.6 Å². The summed E-state index contributed by atoms with van der Waals surface area (Å²) >= 11 is 0. The Kier molecular flexibility index (Phi) is 6.24. The molecule has 0 saturated heterocycles. The van der Waals surface area contributed by atoms with Crippen LogP contribution in [-0.4, -0.2) is 22.4 Å². The topological polar surface area (TPSA) is 32.6 Å². The summed E-state index contributed by atoms with van der Waals surface area (Å²) in [6, 6.07) is 52.6. The van der Waals surface area contributed by atoms with Crippen molar-refractivity contribution in [1.82, 2.24) is 14.8 Å². The number of hydrogen-bond acceptors (Lipinski definition) is 3. The van der Waals surface area contributed by atoms with Gasteiger partial charge in [0.25, 0.3) is 0 Å². The highest BCUT2D eigenvalue weighted by Crippen LogP contribution is 2.53. The molecule has 0 radical (unpaired) electrons. The first-order valence-electron chi connectivity index (χ1n) is 16.4. The molecule has 4 heteroatoms. The minimum Gasteiger partial charge on any atom is -0.340 e. The quantitative estimate of drug-likeness (QED) is 0.216. The van der Waals surface area contributed by atoms with Crippen LogP contribution in [0.4, 0.5) is 0 Å². The summed E-state index contributed by atoms with van der Waals surface area (Å²) in [7, 11) is 2.12. The zero-order valence-electron chi connectivity index (χ0n) is 26.9. The smallest absolute Gasteiger partial charge is 0.134 e. The maximum Gasteiger partial charge on any atom is 0.134 e. The van der Waals surface area contributed by atoms with E-state index in [1.54, 1.807) is 0 Å². The molecule has 2 aliphatic rings. The summed E-state index contributed by atoms with van der Waals surface area (Å²) in [6.45, 7) is 4.71. The summed E-state index contributed by atoms with van der Waals surface area (Å²) in [5, 5.41) is 6.45. The highest BCUT2D eigenvalue weighted by molar-refractivity contribution is 6.17. The molecule has 9 rings (SSSR count). The average Bonchev–Trinajstić information content (AvgIpc) is 3.58. The molecule has 0 fully saturated rings. The summed E-state index contributed by atoms with van der Waals surface area (Å²) in [5.74, 6) is 0.978. The predicted octanol–water partition coefficient (Wildman–Crippen LogP) is 9.77. The van der Waals surface area contributed by atoms with Crippen molar-refractivity contribution in [3.05, 3.63) is 173 Å². The Morgan fingerprint density at radius 3 is 2.09 bits per heavy atom. The van der Waals surface area contributed by atoms with Crippen LogP contribution in [0.15, 0.2) is 151 Å². The molecule has 4 nitrogen and oxygen atoms in total. The second-order valence-electron chi connectivity index (χ2n) is 13.3. The van der Waals surface area contributed by atoms with Crippen molar-refractivity contribution in [2.45, 2.75) is 31.6 Å². The second-order valence-corrected chi connectivity index (χ2v) is 13.3. The standard InChI is InChI=1S/C43H36N4/c1-43(2)34-20-12-10-18-32(34)38-35(43)26-27-37-39(38)33-19-11-13-21-36(33)47(37)31-24-22-28(23-25-31)40-44-41(29-14-6-4-7-15-29)46(3)42(45-40)30-16-8-5-9-17-30/h4-27,40-41,44H,1-3H3. The number of nitrogens with one attached hydrogen (secondary N) is 1. The number of rotatable bonds is 4. The SMILES string of the molecule is CN1C(c2ccccc2)=NC(c2ccc(-n3c4ccccc4c4c5c(ccc43)C(C)(C)c3ccccc3-5)cc2)NC1c1ccccc1. The van der Waals surface area contributed by atoms with E-state index in [0.29, 0.717) is 0 Å².